The summed E-state index contributed by atoms with van der Waals surface area (Å²) in [5, 5.41) is 0. The molecule has 5 heteroatoms. The summed E-state index contributed by atoms with van der Waals surface area (Å²) in [5.74, 6) is 1.03. The Kier molecular flexibility index (Phi) is 5.87. The van der Waals surface area contributed by atoms with Gasteiger partial charge in [0, 0.05) is 5.57 Å². The first-order valence-electron chi connectivity index (χ1n) is 8.54. The van der Waals surface area contributed by atoms with Crippen molar-refractivity contribution in [1.82, 2.24) is 0 Å². The van der Waals surface area contributed by atoms with Crippen LogP contribution in [0.15, 0.2) is 91.0 Å². The molecule has 0 spiro atoms. The van der Waals surface area contributed by atoms with Crippen molar-refractivity contribution in [1.29, 1.82) is 0 Å². The molecule has 0 N–H and O–H groups in total. The Morgan fingerprint density at radius 1 is 0.679 bits per heavy atom. The number of rotatable bonds is 6. The van der Waals surface area contributed by atoms with Crippen LogP contribution in [0.1, 0.15) is 17.3 Å². The molecule has 28 heavy (non-hydrogen) atoms. The summed E-state index contributed by atoms with van der Waals surface area (Å²) in [4.78, 5) is 23.7. The van der Waals surface area contributed by atoms with Crippen LogP contribution in [0.4, 0.5) is 0 Å². The van der Waals surface area contributed by atoms with Gasteiger partial charge in [-0.25, -0.2) is 9.59 Å². The minimum absolute atomic E-state index is 0.295. The number of esters is 2. The van der Waals surface area contributed by atoms with Crippen molar-refractivity contribution in [2.75, 3.05) is 0 Å². The summed E-state index contributed by atoms with van der Waals surface area (Å²) in [6.07, 6.45) is 0. The van der Waals surface area contributed by atoms with E-state index < -0.39 is 11.9 Å². The van der Waals surface area contributed by atoms with Crippen molar-refractivity contribution in [2.24, 2.45) is 0 Å². The second-order valence-electron chi connectivity index (χ2n) is 5.97. The van der Waals surface area contributed by atoms with Crippen LogP contribution in [0.2, 0.25) is 0 Å². The molecule has 140 valence electrons. The molecule has 0 unspecified atom stereocenters. The summed E-state index contributed by atoms with van der Waals surface area (Å²) in [5.41, 5.74) is 0.628. The van der Waals surface area contributed by atoms with Crippen molar-refractivity contribution in [3.63, 3.8) is 0 Å². The van der Waals surface area contributed by atoms with E-state index in [0.29, 0.717) is 28.4 Å². The van der Waals surface area contributed by atoms with Gasteiger partial charge in [-0.05, 0) is 67.6 Å². The van der Waals surface area contributed by atoms with E-state index in [1.54, 1.807) is 31.2 Å². The maximum atomic E-state index is 12.3. The van der Waals surface area contributed by atoms with Gasteiger partial charge in [-0.1, -0.05) is 24.8 Å². The zero-order valence-corrected chi connectivity index (χ0v) is 15.3. The van der Waals surface area contributed by atoms with Gasteiger partial charge in [0.1, 0.15) is 23.0 Å². The Bertz CT molecular complexity index is 974. The van der Waals surface area contributed by atoms with E-state index in [9.17, 15) is 9.59 Å². The van der Waals surface area contributed by atoms with Gasteiger partial charge >= 0.3 is 11.9 Å². The molecule has 3 rings (SSSR count). The summed E-state index contributed by atoms with van der Waals surface area (Å²) < 4.78 is 16.1. The number of hydrogen-bond donors (Lipinski definition) is 0. The highest BCUT2D eigenvalue weighted by Gasteiger charge is 2.11. The van der Waals surface area contributed by atoms with Gasteiger partial charge in [-0.3, -0.25) is 0 Å². The number of para-hydroxylation sites is 1. The first-order chi connectivity index (χ1) is 13.5. The lowest BCUT2D eigenvalue weighted by atomic mass is 10.2. The zero-order valence-electron chi connectivity index (χ0n) is 15.3. The fourth-order valence-corrected chi connectivity index (χ4v) is 2.22. The normalized spacial score (nSPS) is 10.0. The molecule has 0 atom stereocenters. The molecule has 3 aromatic carbocycles. The predicted molar refractivity (Wildman–Crippen MR) is 105 cm³/mol. The van der Waals surface area contributed by atoms with Gasteiger partial charge < -0.3 is 14.2 Å². The molecule has 0 aliphatic carbocycles. The second-order valence-corrected chi connectivity index (χ2v) is 5.97. The van der Waals surface area contributed by atoms with Crippen molar-refractivity contribution in [3.05, 3.63) is 96.6 Å². The summed E-state index contributed by atoms with van der Waals surface area (Å²) in [6.45, 7) is 5.08. The standard InChI is InChI=1S/C23H18O5/c1-16(2)22(24)27-20-10-8-17(9-11-20)23(25)28-21-14-12-19(13-15-21)26-18-6-4-3-5-7-18/h3-15H,1H2,2H3. The molecule has 0 heterocycles. The summed E-state index contributed by atoms with van der Waals surface area (Å²) >= 11 is 0. The van der Waals surface area contributed by atoms with Gasteiger partial charge in [0.25, 0.3) is 0 Å². The maximum absolute atomic E-state index is 12.3. The van der Waals surface area contributed by atoms with E-state index in [0.717, 1.165) is 5.75 Å². The summed E-state index contributed by atoms with van der Waals surface area (Å²) in [7, 11) is 0. The lowest BCUT2D eigenvalue weighted by Crippen LogP contribution is -2.10. The molecule has 0 amide bonds. The van der Waals surface area contributed by atoms with Gasteiger partial charge in [0.2, 0.25) is 0 Å². The Hall–Kier alpha value is -3.86. The Labute approximate surface area is 162 Å². The first kappa shape index (κ1) is 18.9. The molecule has 0 aliphatic rings. The number of carbonyl (C=O) groups excluding carboxylic acids is 2. The molecular formula is C23H18O5. The van der Waals surface area contributed by atoms with E-state index in [2.05, 4.69) is 6.58 Å². The second kappa shape index (κ2) is 8.68. The van der Waals surface area contributed by atoms with Crippen molar-refractivity contribution >= 4 is 11.9 Å². The third-order valence-electron chi connectivity index (χ3n) is 3.66. The third-order valence-corrected chi connectivity index (χ3v) is 3.66. The van der Waals surface area contributed by atoms with E-state index >= 15 is 0 Å². The highest BCUT2D eigenvalue weighted by Crippen LogP contribution is 2.24. The summed E-state index contributed by atoms with van der Waals surface area (Å²) in [6, 6.07) is 22.2. The van der Waals surface area contributed by atoms with Crippen molar-refractivity contribution in [3.8, 4) is 23.0 Å². The number of ether oxygens (including phenoxy) is 3. The van der Waals surface area contributed by atoms with Crippen LogP contribution in [0.25, 0.3) is 0 Å². The highest BCUT2D eigenvalue weighted by atomic mass is 16.5. The molecule has 0 saturated carbocycles. The molecular weight excluding hydrogens is 356 g/mol. The lowest BCUT2D eigenvalue weighted by Gasteiger charge is -2.08. The Balaban J connectivity index is 1.59. The highest BCUT2D eigenvalue weighted by molar-refractivity contribution is 5.92. The molecule has 0 fully saturated rings. The minimum atomic E-state index is -0.520. The van der Waals surface area contributed by atoms with Crippen LogP contribution >= 0.6 is 0 Å². The monoisotopic (exact) mass is 374 g/mol. The number of carbonyl (C=O) groups is 2. The average molecular weight is 374 g/mol. The predicted octanol–water partition coefficient (Wildman–Crippen LogP) is 5.18. The molecule has 0 aliphatic heterocycles. The SMILES string of the molecule is C=C(C)C(=O)Oc1ccc(C(=O)Oc2ccc(Oc3ccccc3)cc2)cc1. The molecule has 0 saturated heterocycles. The van der Waals surface area contributed by atoms with Gasteiger partial charge in [-0.2, -0.15) is 0 Å². The quantitative estimate of drug-likeness (QED) is 0.338. The fraction of sp³-hybridized carbons (Fsp3) is 0.0435. The third kappa shape index (κ3) is 5.08. The molecule has 0 bridgehead atoms. The van der Waals surface area contributed by atoms with Crippen LogP contribution in [0, 0.1) is 0 Å². The minimum Gasteiger partial charge on any atom is -0.457 e. The smallest absolute Gasteiger partial charge is 0.343 e. The Morgan fingerprint density at radius 3 is 1.79 bits per heavy atom. The van der Waals surface area contributed by atoms with Gasteiger partial charge in [0.05, 0.1) is 5.56 Å². The van der Waals surface area contributed by atoms with Gasteiger partial charge in [-0.15, -0.1) is 0 Å². The molecule has 3 aromatic rings. The van der Waals surface area contributed by atoms with E-state index in [4.69, 9.17) is 14.2 Å². The van der Waals surface area contributed by atoms with Crippen LogP contribution in [-0.4, -0.2) is 11.9 Å². The lowest BCUT2D eigenvalue weighted by molar-refractivity contribution is -0.130. The van der Waals surface area contributed by atoms with Crippen molar-refractivity contribution in [2.45, 2.75) is 6.92 Å². The first-order valence-corrected chi connectivity index (χ1v) is 8.54. The van der Waals surface area contributed by atoms with E-state index in [-0.39, 0.29) is 0 Å². The van der Waals surface area contributed by atoms with Crippen LogP contribution in [-0.2, 0) is 4.79 Å². The van der Waals surface area contributed by atoms with Crippen LogP contribution in [0.3, 0.4) is 0 Å². The molecule has 0 radical (unpaired) electrons. The zero-order chi connectivity index (χ0) is 19.9. The average Bonchev–Trinajstić information content (AvgIpc) is 2.70. The maximum Gasteiger partial charge on any atom is 0.343 e. The van der Waals surface area contributed by atoms with Crippen LogP contribution < -0.4 is 14.2 Å². The van der Waals surface area contributed by atoms with E-state index in [1.807, 2.05) is 30.3 Å². The largest absolute Gasteiger partial charge is 0.457 e. The molecule has 0 aromatic heterocycles. The topological polar surface area (TPSA) is 61.8 Å². The van der Waals surface area contributed by atoms with Crippen LogP contribution in [0.5, 0.6) is 23.0 Å². The van der Waals surface area contributed by atoms with Crippen molar-refractivity contribution < 1.29 is 23.8 Å². The Morgan fingerprint density at radius 2 is 1.18 bits per heavy atom. The number of benzene rings is 3. The van der Waals surface area contributed by atoms with Gasteiger partial charge in [0.15, 0.2) is 0 Å². The molecule has 5 nitrogen and oxygen atoms in total. The number of hydrogen-bond acceptors (Lipinski definition) is 5. The van der Waals surface area contributed by atoms with E-state index in [1.165, 1.54) is 24.3 Å². The fourth-order valence-electron chi connectivity index (χ4n) is 2.22.